The van der Waals surface area contributed by atoms with E-state index in [9.17, 15) is 4.79 Å². The summed E-state index contributed by atoms with van der Waals surface area (Å²) in [7, 11) is 0. The van der Waals surface area contributed by atoms with Crippen molar-refractivity contribution in [1.29, 1.82) is 0 Å². The Bertz CT molecular complexity index is 129. The molecule has 0 aromatic carbocycles. The zero-order chi connectivity index (χ0) is 10.1. The Hall–Kier alpha value is -0.570. The standard InChI is InChI=1S/C10H21NO2/c1-3-5-7-9(8-6-4-2)10(12)13-11/h9H,3-8,11H2,1-2H3. The van der Waals surface area contributed by atoms with Gasteiger partial charge in [0.2, 0.25) is 0 Å². The van der Waals surface area contributed by atoms with Gasteiger partial charge in [0.15, 0.2) is 0 Å². The Balaban J connectivity index is 3.79. The van der Waals surface area contributed by atoms with Gasteiger partial charge in [-0.2, -0.15) is 5.90 Å². The fourth-order valence-electron chi connectivity index (χ4n) is 1.38. The summed E-state index contributed by atoms with van der Waals surface area (Å²) in [5, 5.41) is 0. The summed E-state index contributed by atoms with van der Waals surface area (Å²) in [4.78, 5) is 15.4. The fraction of sp³-hybridized carbons (Fsp3) is 0.900. The molecule has 0 saturated carbocycles. The molecule has 13 heavy (non-hydrogen) atoms. The van der Waals surface area contributed by atoms with E-state index in [1.165, 1.54) is 0 Å². The van der Waals surface area contributed by atoms with Gasteiger partial charge >= 0.3 is 5.97 Å². The molecule has 0 amide bonds. The van der Waals surface area contributed by atoms with E-state index in [1.807, 2.05) is 0 Å². The van der Waals surface area contributed by atoms with Crippen LogP contribution in [0.1, 0.15) is 52.4 Å². The minimum atomic E-state index is -0.248. The summed E-state index contributed by atoms with van der Waals surface area (Å²) in [5.74, 6) is 4.64. The van der Waals surface area contributed by atoms with E-state index >= 15 is 0 Å². The lowest BCUT2D eigenvalue weighted by atomic mass is 9.96. The van der Waals surface area contributed by atoms with Crippen molar-refractivity contribution in [3.8, 4) is 0 Å². The number of hydrogen-bond acceptors (Lipinski definition) is 3. The highest BCUT2D eigenvalue weighted by atomic mass is 16.7. The van der Waals surface area contributed by atoms with Gasteiger partial charge in [-0.25, -0.2) is 0 Å². The van der Waals surface area contributed by atoms with Crippen molar-refractivity contribution in [2.75, 3.05) is 0 Å². The van der Waals surface area contributed by atoms with Crippen LogP contribution in [0.4, 0.5) is 0 Å². The van der Waals surface area contributed by atoms with Gasteiger partial charge in [-0.3, -0.25) is 4.79 Å². The van der Waals surface area contributed by atoms with Gasteiger partial charge < -0.3 is 4.84 Å². The van der Waals surface area contributed by atoms with Crippen LogP contribution in [0.2, 0.25) is 0 Å². The molecule has 0 aliphatic rings. The third kappa shape index (κ3) is 5.64. The second-order valence-corrected chi connectivity index (χ2v) is 3.42. The normalized spacial score (nSPS) is 10.5. The Morgan fingerprint density at radius 3 is 2.00 bits per heavy atom. The Labute approximate surface area is 80.6 Å². The first kappa shape index (κ1) is 12.4. The molecule has 0 bridgehead atoms. The van der Waals surface area contributed by atoms with E-state index < -0.39 is 0 Å². The fourth-order valence-corrected chi connectivity index (χ4v) is 1.38. The van der Waals surface area contributed by atoms with Crippen LogP contribution in [-0.4, -0.2) is 5.97 Å². The predicted octanol–water partition coefficient (Wildman–Crippen LogP) is 2.40. The minimum absolute atomic E-state index is 0.0184. The molecule has 78 valence electrons. The maximum absolute atomic E-state index is 11.2. The van der Waals surface area contributed by atoms with E-state index in [-0.39, 0.29) is 11.9 Å². The molecule has 0 radical (unpaired) electrons. The first-order valence-corrected chi connectivity index (χ1v) is 5.16. The lowest BCUT2D eigenvalue weighted by Gasteiger charge is -2.12. The van der Waals surface area contributed by atoms with Crippen LogP contribution in [0.5, 0.6) is 0 Å². The van der Waals surface area contributed by atoms with E-state index in [0.29, 0.717) is 0 Å². The second kappa shape index (κ2) is 8.05. The Morgan fingerprint density at radius 2 is 1.69 bits per heavy atom. The van der Waals surface area contributed by atoms with Crippen LogP contribution in [0, 0.1) is 5.92 Å². The van der Waals surface area contributed by atoms with Crippen molar-refractivity contribution in [3.05, 3.63) is 0 Å². The topological polar surface area (TPSA) is 52.3 Å². The Morgan fingerprint density at radius 1 is 1.23 bits per heavy atom. The van der Waals surface area contributed by atoms with Crippen molar-refractivity contribution in [2.45, 2.75) is 52.4 Å². The Kier molecular flexibility index (Phi) is 7.69. The predicted molar refractivity (Wildman–Crippen MR) is 52.8 cm³/mol. The molecule has 0 saturated heterocycles. The third-order valence-electron chi connectivity index (χ3n) is 2.26. The van der Waals surface area contributed by atoms with Gasteiger partial charge in [0.25, 0.3) is 0 Å². The van der Waals surface area contributed by atoms with Crippen LogP contribution >= 0.6 is 0 Å². The number of hydrogen-bond donors (Lipinski definition) is 1. The van der Waals surface area contributed by atoms with Gasteiger partial charge in [0.05, 0.1) is 5.92 Å². The molecule has 0 aliphatic carbocycles. The lowest BCUT2D eigenvalue weighted by molar-refractivity contribution is -0.149. The number of unbranched alkanes of at least 4 members (excludes halogenated alkanes) is 2. The molecular formula is C10H21NO2. The number of carbonyl (C=O) groups excluding carboxylic acids is 1. The smallest absolute Gasteiger partial charge is 0.327 e. The van der Waals surface area contributed by atoms with Gasteiger partial charge in [-0.1, -0.05) is 39.5 Å². The van der Waals surface area contributed by atoms with Gasteiger partial charge in [-0.15, -0.1) is 0 Å². The van der Waals surface area contributed by atoms with Crippen molar-refractivity contribution in [1.82, 2.24) is 0 Å². The van der Waals surface area contributed by atoms with Crippen molar-refractivity contribution < 1.29 is 9.63 Å². The molecule has 2 N–H and O–H groups in total. The second-order valence-electron chi connectivity index (χ2n) is 3.42. The third-order valence-corrected chi connectivity index (χ3v) is 2.26. The van der Waals surface area contributed by atoms with E-state index in [0.717, 1.165) is 38.5 Å². The first-order chi connectivity index (χ1) is 6.26. The van der Waals surface area contributed by atoms with Crippen LogP contribution in [-0.2, 0) is 9.63 Å². The van der Waals surface area contributed by atoms with Gasteiger partial charge in [0.1, 0.15) is 0 Å². The minimum Gasteiger partial charge on any atom is -0.373 e. The average molecular weight is 187 g/mol. The van der Waals surface area contributed by atoms with Crippen molar-refractivity contribution in [2.24, 2.45) is 11.8 Å². The van der Waals surface area contributed by atoms with E-state index in [2.05, 4.69) is 18.7 Å². The summed E-state index contributed by atoms with van der Waals surface area (Å²) in [5.41, 5.74) is 0. The number of carbonyl (C=O) groups is 1. The van der Waals surface area contributed by atoms with E-state index in [1.54, 1.807) is 0 Å². The molecule has 0 unspecified atom stereocenters. The van der Waals surface area contributed by atoms with Crippen LogP contribution in [0.25, 0.3) is 0 Å². The largest absolute Gasteiger partial charge is 0.373 e. The molecule has 3 nitrogen and oxygen atoms in total. The van der Waals surface area contributed by atoms with E-state index in [4.69, 9.17) is 5.90 Å². The summed E-state index contributed by atoms with van der Waals surface area (Å²) < 4.78 is 0. The highest BCUT2D eigenvalue weighted by Crippen LogP contribution is 2.16. The number of rotatable bonds is 7. The maximum Gasteiger partial charge on any atom is 0.327 e. The SMILES string of the molecule is CCCCC(CCCC)C(=O)ON. The average Bonchev–Trinajstić information content (AvgIpc) is 2.17. The zero-order valence-electron chi connectivity index (χ0n) is 8.71. The molecular weight excluding hydrogens is 166 g/mol. The summed E-state index contributed by atoms with van der Waals surface area (Å²) >= 11 is 0. The summed E-state index contributed by atoms with van der Waals surface area (Å²) in [6.45, 7) is 4.23. The zero-order valence-corrected chi connectivity index (χ0v) is 8.71. The summed E-state index contributed by atoms with van der Waals surface area (Å²) in [6.07, 6.45) is 6.19. The molecule has 0 spiro atoms. The highest BCUT2D eigenvalue weighted by Gasteiger charge is 2.17. The van der Waals surface area contributed by atoms with Crippen LogP contribution < -0.4 is 5.90 Å². The molecule has 0 fully saturated rings. The molecule has 0 aromatic heterocycles. The molecule has 0 heterocycles. The van der Waals surface area contributed by atoms with Crippen molar-refractivity contribution in [3.63, 3.8) is 0 Å². The molecule has 0 rings (SSSR count). The number of nitrogens with two attached hydrogens (primary N) is 1. The monoisotopic (exact) mass is 187 g/mol. The van der Waals surface area contributed by atoms with Gasteiger partial charge in [0, 0.05) is 0 Å². The van der Waals surface area contributed by atoms with Gasteiger partial charge in [-0.05, 0) is 12.8 Å². The van der Waals surface area contributed by atoms with Crippen LogP contribution in [0.3, 0.4) is 0 Å². The van der Waals surface area contributed by atoms with Crippen LogP contribution in [0.15, 0.2) is 0 Å². The lowest BCUT2D eigenvalue weighted by Crippen LogP contribution is -2.20. The summed E-state index contributed by atoms with van der Waals surface area (Å²) in [6, 6.07) is 0. The molecule has 0 aliphatic heterocycles. The quantitative estimate of drug-likeness (QED) is 0.623. The first-order valence-electron chi connectivity index (χ1n) is 5.16. The highest BCUT2D eigenvalue weighted by molar-refractivity contribution is 5.71. The van der Waals surface area contributed by atoms with Crippen molar-refractivity contribution >= 4 is 5.97 Å². The molecule has 0 aromatic rings. The maximum atomic E-state index is 11.2. The molecule has 0 atom stereocenters. The molecule has 3 heteroatoms.